The topological polar surface area (TPSA) is 34.4 Å². The third-order valence-corrected chi connectivity index (χ3v) is 5.44. The fourth-order valence-electron chi connectivity index (χ4n) is 2.01. The summed E-state index contributed by atoms with van der Waals surface area (Å²) < 4.78 is 4.22. The quantitative estimate of drug-likeness (QED) is 0.666. The van der Waals surface area contributed by atoms with Crippen LogP contribution in [0, 0.1) is 0 Å². The van der Waals surface area contributed by atoms with Gasteiger partial charge in [0.2, 0.25) is 0 Å². The van der Waals surface area contributed by atoms with Gasteiger partial charge in [0, 0.05) is 11.0 Å². The molecule has 0 spiro atoms. The van der Waals surface area contributed by atoms with E-state index >= 15 is 0 Å². The average Bonchev–Trinajstić information content (AvgIpc) is 3.05. The number of para-hydroxylation sites is 1. The molecule has 20 heavy (non-hydrogen) atoms. The summed E-state index contributed by atoms with van der Waals surface area (Å²) in [7, 11) is 0. The molecule has 2 heterocycles. The Morgan fingerprint density at radius 1 is 1.35 bits per heavy atom. The van der Waals surface area contributed by atoms with Crippen LogP contribution in [0.1, 0.15) is 16.6 Å². The maximum absolute atomic E-state index is 12.1. The molecule has 0 radical (unpaired) electrons. The van der Waals surface area contributed by atoms with E-state index in [0.717, 1.165) is 26.0 Å². The van der Waals surface area contributed by atoms with E-state index in [1.807, 2.05) is 29.6 Å². The third-order valence-electron chi connectivity index (χ3n) is 2.90. The van der Waals surface area contributed by atoms with Crippen molar-refractivity contribution in [1.82, 2.24) is 4.57 Å². The zero-order chi connectivity index (χ0) is 14.1. The summed E-state index contributed by atoms with van der Waals surface area (Å²) in [5.74, 6) is -0.176. The van der Waals surface area contributed by atoms with Gasteiger partial charge in [0.05, 0.1) is 15.1 Å². The highest BCUT2D eigenvalue weighted by Gasteiger charge is 2.10. The Kier molecular flexibility index (Phi) is 3.87. The number of rotatable bonds is 2. The molecule has 1 amide bonds. The molecule has 1 aromatic carbocycles. The van der Waals surface area contributed by atoms with Crippen LogP contribution >= 0.6 is 38.6 Å². The standard InChI is InChI=1S/C14H11BrN2OS2/c1-2-17-12-9(15)5-3-6-10(12)20-14(17)16-13(18)11-7-4-8-19-11/h3-8H,2H2,1H3. The number of benzene rings is 1. The van der Waals surface area contributed by atoms with Crippen LogP contribution in [0.25, 0.3) is 10.2 Å². The van der Waals surface area contributed by atoms with Gasteiger partial charge in [-0.15, -0.1) is 11.3 Å². The predicted octanol–water partition coefficient (Wildman–Crippen LogP) is 4.29. The van der Waals surface area contributed by atoms with E-state index in [-0.39, 0.29) is 5.91 Å². The number of amides is 1. The molecule has 3 aromatic rings. The van der Waals surface area contributed by atoms with Crippen molar-refractivity contribution in [3.05, 3.63) is 49.9 Å². The lowest BCUT2D eigenvalue weighted by Gasteiger charge is -2.01. The van der Waals surface area contributed by atoms with Crippen LogP contribution in [0.4, 0.5) is 0 Å². The number of hydrogen-bond acceptors (Lipinski definition) is 3. The fraction of sp³-hybridized carbons (Fsp3) is 0.143. The number of aryl methyl sites for hydroxylation is 1. The summed E-state index contributed by atoms with van der Waals surface area (Å²) in [4.78, 5) is 17.8. The number of thiophene rings is 1. The van der Waals surface area contributed by atoms with Crippen molar-refractivity contribution in [1.29, 1.82) is 0 Å². The van der Waals surface area contributed by atoms with Crippen LogP contribution in [0.2, 0.25) is 0 Å². The summed E-state index contributed by atoms with van der Waals surface area (Å²) >= 11 is 6.52. The average molecular weight is 367 g/mol. The smallest absolute Gasteiger partial charge is 0.289 e. The predicted molar refractivity (Wildman–Crippen MR) is 87.4 cm³/mol. The number of fused-ring (bicyclic) bond motifs is 1. The Labute approximate surface area is 132 Å². The van der Waals surface area contributed by atoms with Crippen LogP contribution < -0.4 is 4.80 Å². The molecule has 0 atom stereocenters. The second kappa shape index (κ2) is 5.63. The summed E-state index contributed by atoms with van der Waals surface area (Å²) in [6.07, 6.45) is 0. The third kappa shape index (κ3) is 2.39. The zero-order valence-electron chi connectivity index (χ0n) is 10.7. The Morgan fingerprint density at radius 2 is 2.20 bits per heavy atom. The van der Waals surface area contributed by atoms with Gasteiger partial charge in [-0.1, -0.05) is 23.5 Å². The molecule has 0 fully saturated rings. The number of aromatic nitrogens is 1. The lowest BCUT2D eigenvalue weighted by molar-refractivity contribution is 0.100. The normalized spacial score (nSPS) is 12.2. The second-order valence-corrected chi connectivity index (χ2v) is 6.92. The van der Waals surface area contributed by atoms with Crippen molar-refractivity contribution in [3.63, 3.8) is 0 Å². The van der Waals surface area contributed by atoms with E-state index in [1.54, 1.807) is 6.07 Å². The van der Waals surface area contributed by atoms with Crippen LogP contribution in [-0.2, 0) is 6.54 Å². The molecule has 0 aliphatic heterocycles. The Balaban J connectivity index is 2.21. The van der Waals surface area contributed by atoms with Crippen molar-refractivity contribution >= 4 is 54.7 Å². The van der Waals surface area contributed by atoms with Gasteiger partial charge < -0.3 is 4.57 Å². The van der Waals surface area contributed by atoms with Crippen molar-refractivity contribution < 1.29 is 4.79 Å². The largest absolute Gasteiger partial charge is 0.316 e. The molecular formula is C14H11BrN2OS2. The Morgan fingerprint density at radius 3 is 2.90 bits per heavy atom. The molecule has 0 N–H and O–H groups in total. The molecule has 3 rings (SSSR count). The van der Waals surface area contributed by atoms with E-state index in [2.05, 4.69) is 32.4 Å². The van der Waals surface area contributed by atoms with Crippen molar-refractivity contribution in [2.24, 2.45) is 4.99 Å². The van der Waals surface area contributed by atoms with E-state index in [4.69, 9.17) is 0 Å². The van der Waals surface area contributed by atoms with Gasteiger partial charge >= 0.3 is 0 Å². The number of hydrogen-bond donors (Lipinski definition) is 0. The van der Waals surface area contributed by atoms with Gasteiger partial charge in [0.1, 0.15) is 0 Å². The summed E-state index contributed by atoms with van der Waals surface area (Å²) in [5.41, 5.74) is 1.10. The van der Waals surface area contributed by atoms with Gasteiger partial charge in [0.25, 0.3) is 5.91 Å². The van der Waals surface area contributed by atoms with Gasteiger partial charge in [0.15, 0.2) is 4.80 Å². The van der Waals surface area contributed by atoms with Gasteiger partial charge in [-0.3, -0.25) is 4.79 Å². The van der Waals surface area contributed by atoms with E-state index in [1.165, 1.54) is 22.7 Å². The maximum atomic E-state index is 12.1. The maximum Gasteiger partial charge on any atom is 0.289 e. The Bertz CT molecular complexity index is 831. The van der Waals surface area contributed by atoms with Gasteiger partial charge in [-0.25, -0.2) is 0 Å². The van der Waals surface area contributed by atoms with Gasteiger partial charge in [-0.05, 0) is 46.4 Å². The first-order chi connectivity index (χ1) is 9.70. The molecule has 102 valence electrons. The SMILES string of the molecule is CCn1c(=NC(=O)c2cccs2)sc2cccc(Br)c21. The van der Waals surface area contributed by atoms with Crippen molar-refractivity contribution in [2.45, 2.75) is 13.5 Å². The summed E-state index contributed by atoms with van der Waals surface area (Å²) in [6.45, 7) is 2.83. The molecule has 6 heteroatoms. The molecule has 0 saturated heterocycles. The van der Waals surface area contributed by atoms with Crippen molar-refractivity contribution in [2.75, 3.05) is 0 Å². The first-order valence-electron chi connectivity index (χ1n) is 6.11. The molecule has 0 aliphatic rings. The lowest BCUT2D eigenvalue weighted by Crippen LogP contribution is -2.15. The highest BCUT2D eigenvalue weighted by Crippen LogP contribution is 2.25. The van der Waals surface area contributed by atoms with Gasteiger partial charge in [-0.2, -0.15) is 4.99 Å². The molecular weight excluding hydrogens is 356 g/mol. The highest BCUT2D eigenvalue weighted by atomic mass is 79.9. The second-order valence-electron chi connectivity index (χ2n) is 4.11. The zero-order valence-corrected chi connectivity index (χ0v) is 13.9. The number of nitrogens with zero attached hydrogens (tertiary/aromatic N) is 2. The van der Waals surface area contributed by atoms with E-state index in [0.29, 0.717) is 4.88 Å². The molecule has 0 aliphatic carbocycles. The number of halogens is 1. The minimum Gasteiger partial charge on any atom is -0.316 e. The molecule has 2 aromatic heterocycles. The fourth-order valence-corrected chi connectivity index (χ4v) is 4.45. The summed E-state index contributed by atoms with van der Waals surface area (Å²) in [5, 5.41) is 1.89. The molecule has 0 unspecified atom stereocenters. The summed E-state index contributed by atoms with van der Waals surface area (Å²) in [6, 6.07) is 9.71. The minimum absolute atomic E-state index is 0.176. The van der Waals surface area contributed by atoms with E-state index in [9.17, 15) is 4.79 Å². The molecule has 0 saturated carbocycles. The first-order valence-corrected chi connectivity index (χ1v) is 8.60. The number of thiazole rings is 1. The van der Waals surface area contributed by atoms with E-state index < -0.39 is 0 Å². The number of carbonyl (C=O) groups excluding carboxylic acids is 1. The molecule has 3 nitrogen and oxygen atoms in total. The van der Waals surface area contributed by atoms with Crippen LogP contribution in [0.3, 0.4) is 0 Å². The highest BCUT2D eigenvalue weighted by molar-refractivity contribution is 9.10. The lowest BCUT2D eigenvalue weighted by atomic mass is 10.3. The van der Waals surface area contributed by atoms with Crippen molar-refractivity contribution in [3.8, 4) is 0 Å². The monoisotopic (exact) mass is 366 g/mol. The first kappa shape index (κ1) is 13.7. The minimum atomic E-state index is -0.176. The van der Waals surface area contributed by atoms with Crippen LogP contribution in [-0.4, -0.2) is 10.5 Å². The number of carbonyl (C=O) groups is 1. The van der Waals surface area contributed by atoms with Crippen LogP contribution in [0.5, 0.6) is 0 Å². The molecule has 0 bridgehead atoms. The van der Waals surface area contributed by atoms with Crippen LogP contribution in [0.15, 0.2) is 45.2 Å². The Hall–Kier alpha value is -1.24.